The largest absolute Gasteiger partial charge is 0.462 e. The summed E-state index contributed by atoms with van der Waals surface area (Å²) < 4.78 is 16.8. The predicted molar refractivity (Wildman–Crippen MR) is 297 cm³/mol. The zero-order chi connectivity index (χ0) is 50.0. The molecule has 0 heterocycles. The van der Waals surface area contributed by atoms with Crippen LogP contribution < -0.4 is 0 Å². The SMILES string of the molecule is CC/C=C\C/C=C\C/C=C\C/C=C\C/C=C\CCCC(=O)O[C@@H](COC(=O)CCCCC/C=C\C/C=C\C/C=C\C/C=C\CCCCC)COC(=O)CCCCCCC/C=C\C/C=C\CCCCC. The molecule has 388 valence electrons. The van der Waals surface area contributed by atoms with Crippen molar-refractivity contribution in [2.75, 3.05) is 13.2 Å². The molecular weight excluding hydrogens is 853 g/mol. The summed E-state index contributed by atoms with van der Waals surface area (Å²) in [5, 5.41) is 0. The zero-order valence-corrected chi connectivity index (χ0v) is 44.3. The normalized spacial score (nSPS) is 13.1. The Kier molecular flexibility index (Phi) is 52.5. The molecule has 0 amide bonds. The molecule has 1 atom stereocenters. The first-order chi connectivity index (χ1) is 34.0. The van der Waals surface area contributed by atoms with Crippen molar-refractivity contribution in [3.05, 3.63) is 134 Å². The second-order valence-electron chi connectivity index (χ2n) is 17.7. The predicted octanol–water partition coefficient (Wildman–Crippen LogP) is 18.6. The van der Waals surface area contributed by atoms with Crippen LogP contribution in [0.15, 0.2) is 134 Å². The molecule has 0 N–H and O–H groups in total. The lowest BCUT2D eigenvalue weighted by Crippen LogP contribution is -2.30. The molecule has 0 saturated carbocycles. The maximum atomic E-state index is 12.8. The van der Waals surface area contributed by atoms with Crippen LogP contribution >= 0.6 is 0 Å². The van der Waals surface area contributed by atoms with E-state index in [9.17, 15) is 14.4 Å². The Labute approximate surface area is 424 Å². The summed E-state index contributed by atoms with van der Waals surface area (Å²) in [5.41, 5.74) is 0. The minimum absolute atomic E-state index is 0.123. The van der Waals surface area contributed by atoms with E-state index in [1.165, 1.54) is 51.4 Å². The van der Waals surface area contributed by atoms with Crippen LogP contribution in [0.2, 0.25) is 0 Å². The molecule has 0 saturated heterocycles. The van der Waals surface area contributed by atoms with Crippen LogP contribution in [-0.2, 0) is 28.6 Å². The Morgan fingerprint density at radius 3 is 0.942 bits per heavy atom. The van der Waals surface area contributed by atoms with Gasteiger partial charge in [-0.25, -0.2) is 0 Å². The number of ether oxygens (including phenoxy) is 3. The number of carbonyl (C=O) groups is 3. The molecule has 0 aromatic rings. The van der Waals surface area contributed by atoms with E-state index in [4.69, 9.17) is 14.2 Å². The molecule has 0 unspecified atom stereocenters. The fourth-order valence-electron chi connectivity index (χ4n) is 6.96. The topological polar surface area (TPSA) is 78.9 Å². The van der Waals surface area contributed by atoms with Gasteiger partial charge in [-0.05, 0) is 135 Å². The highest BCUT2D eigenvalue weighted by atomic mass is 16.6. The maximum absolute atomic E-state index is 12.8. The van der Waals surface area contributed by atoms with E-state index in [2.05, 4.69) is 154 Å². The summed E-state index contributed by atoms with van der Waals surface area (Å²) >= 11 is 0. The van der Waals surface area contributed by atoms with E-state index < -0.39 is 6.10 Å². The second-order valence-corrected chi connectivity index (χ2v) is 17.7. The third kappa shape index (κ3) is 54.4. The highest BCUT2D eigenvalue weighted by molar-refractivity contribution is 5.71. The van der Waals surface area contributed by atoms with Crippen LogP contribution in [0.4, 0.5) is 0 Å². The van der Waals surface area contributed by atoms with Gasteiger partial charge < -0.3 is 14.2 Å². The number of hydrogen-bond acceptors (Lipinski definition) is 6. The van der Waals surface area contributed by atoms with Gasteiger partial charge in [0.1, 0.15) is 13.2 Å². The van der Waals surface area contributed by atoms with Gasteiger partial charge in [0, 0.05) is 19.3 Å². The zero-order valence-electron chi connectivity index (χ0n) is 44.3. The minimum atomic E-state index is -0.832. The lowest BCUT2D eigenvalue weighted by atomic mass is 10.1. The van der Waals surface area contributed by atoms with Crippen molar-refractivity contribution in [2.45, 2.75) is 232 Å². The first kappa shape index (κ1) is 64.5. The van der Waals surface area contributed by atoms with Gasteiger partial charge in [-0.2, -0.15) is 0 Å². The third-order valence-electron chi connectivity index (χ3n) is 11.1. The Balaban J connectivity index is 4.59. The third-order valence-corrected chi connectivity index (χ3v) is 11.1. The van der Waals surface area contributed by atoms with E-state index in [1.807, 2.05) is 0 Å². The quantitative estimate of drug-likeness (QED) is 0.0262. The van der Waals surface area contributed by atoms with Crippen molar-refractivity contribution in [3.8, 4) is 0 Å². The van der Waals surface area contributed by atoms with Crippen molar-refractivity contribution >= 4 is 17.9 Å². The second kappa shape index (κ2) is 56.1. The Bertz CT molecular complexity index is 1510. The van der Waals surface area contributed by atoms with Gasteiger partial charge in [0.05, 0.1) is 0 Å². The van der Waals surface area contributed by atoms with E-state index in [0.717, 1.165) is 128 Å². The van der Waals surface area contributed by atoms with Crippen molar-refractivity contribution in [1.29, 1.82) is 0 Å². The van der Waals surface area contributed by atoms with E-state index in [1.54, 1.807) is 0 Å². The molecule has 0 radical (unpaired) electrons. The maximum Gasteiger partial charge on any atom is 0.306 e. The van der Waals surface area contributed by atoms with Crippen LogP contribution in [-0.4, -0.2) is 37.2 Å². The summed E-state index contributed by atoms with van der Waals surface area (Å²) in [4.78, 5) is 38.1. The van der Waals surface area contributed by atoms with Crippen molar-refractivity contribution in [1.82, 2.24) is 0 Å². The van der Waals surface area contributed by atoms with Gasteiger partial charge in [-0.15, -0.1) is 0 Å². The molecule has 69 heavy (non-hydrogen) atoms. The summed E-state index contributed by atoms with van der Waals surface area (Å²) in [6.07, 6.45) is 78.7. The van der Waals surface area contributed by atoms with Gasteiger partial charge in [-0.1, -0.05) is 206 Å². The standard InChI is InChI=1S/C63H100O6/c1-4-7-10-13-16-19-22-25-28-30-31-33-35-38-41-44-47-50-53-56-62(65)68-59-60(58-67-61(64)55-52-49-46-43-40-37-34-27-24-21-18-15-12-9-6-3)69-63(66)57-54-51-48-45-42-39-36-32-29-26-23-20-17-14-11-8-5-2/h8,11,16-21,25-29,31,33-34,36,38-39,41,45,48,60H,4-7,9-10,12-15,22-24,30,32,35,37,40,42-44,46-47,49-59H2,1-3H3/b11-8-,19-16-,20-17-,21-18-,28-25-,29-26-,33-31-,34-27-,39-36-,41-38-,48-45-/t60-/m1/s1. The number of rotatable bonds is 48. The van der Waals surface area contributed by atoms with Crippen molar-refractivity contribution in [3.63, 3.8) is 0 Å². The summed E-state index contributed by atoms with van der Waals surface area (Å²) in [5.74, 6) is -1.03. The smallest absolute Gasteiger partial charge is 0.306 e. The molecule has 0 aliphatic rings. The molecule has 0 aliphatic heterocycles. The van der Waals surface area contributed by atoms with Crippen LogP contribution in [0, 0.1) is 0 Å². The lowest BCUT2D eigenvalue weighted by Gasteiger charge is -2.18. The minimum Gasteiger partial charge on any atom is -0.462 e. The molecule has 6 nitrogen and oxygen atoms in total. The highest BCUT2D eigenvalue weighted by Gasteiger charge is 2.19. The average Bonchev–Trinajstić information content (AvgIpc) is 3.35. The van der Waals surface area contributed by atoms with Crippen LogP contribution in [0.25, 0.3) is 0 Å². The van der Waals surface area contributed by atoms with E-state index in [0.29, 0.717) is 19.3 Å². The fourth-order valence-corrected chi connectivity index (χ4v) is 6.96. The summed E-state index contributed by atoms with van der Waals surface area (Å²) in [6, 6.07) is 0. The van der Waals surface area contributed by atoms with Gasteiger partial charge in [0.15, 0.2) is 6.10 Å². The average molecular weight is 953 g/mol. The molecule has 0 fully saturated rings. The molecule has 0 spiro atoms. The Morgan fingerprint density at radius 2 is 0.580 bits per heavy atom. The first-order valence-corrected chi connectivity index (χ1v) is 27.7. The van der Waals surface area contributed by atoms with E-state index >= 15 is 0 Å². The molecule has 0 aliphatic carbocycles. The van der Waals surface area contributed by atoms with Gasteiger partial charge >= 0.3 is 17.9 Å². The molecular formula is C63H100O6. The fraction of sp³-hybridized carbons (Fsp3) is 0.603. The molecule has 6 heteroatoms. The summed E-state index contributed by atoms with van der Waals surface area (Å²) in [7, 11) is 0. The van der Waals surface area contributed by atoms with Crippen LogP contribution in [0.3, 0.4) is 0 Å². The first-order valence-electron chi connectivity index (χ1n) is 27.7. The van der Waals surface area contributed by atoms with Gasteiger partial charge in [-0.3, -0.25) is 14.4 Å². The Hall–Kier alpha value is -4.45. The molecule has 0 rings (SSSR count). The van der Waals surface area contributed by atoms with E-state index in [-0.39, 0.29) is 37.5 Å². The van der Waals surface area contributed by atoms with Crippen LogP contribution in [0.5, 0.6) is 0 Å². The van der Waals surface area contributed by atoms with Crippen molar-refractivity contribution in [2.24, 2.45) is 0 Å². The number of unbranched alkanes of at least 4 members (excludes halogenated alkanes) is 15. The van der Waals surface area contributed by atoms with Crippen molar-refractivity contribution < 1.29 is 28.6 Å². The van der Waals surface area contributed by atoms with Gasteiger partial charge in [0.25, 0.3) is 0 Å². The molecule has 0 aromatic heterocycles. The Morgan fingerprint density at radius 1 is 0.304 bits per heavy atom. The lowest BCUT2D eigenvalue weighted by molar-refractivity contribution is -0.167. The monoisotopic (exact) mass is 953 g/mol. The summed E-state index contributed by atoms with van der Waals surface area (Å²) in [6.45, 7) is 6.37. The number of carbonyl (C=O) groups excluding carboxylic acids is 3. The van der Waals surface area contributed by atoms with Crippen LogP contribution in [0.1, 0.15) is 226 Å². The highest BCUT2D eigenvalue weighted by Crippen LogP contribution is 2.12. The molecule has 0 aromatic carbocycles. The molecule has 0 bridgehead atoms. The number of hydrogen-bond donors (Lipinski definition) is 0. The number of esters is 3. The number of allylic oxidation sites excluding steroid dienone is 22. The van der Waals surface area contributed by atoms with Gasteiger partial charge in [0.2, 0.25) is 0 Å².